The summed E-state index contributed by atoms with van der Waals surface area (Å²) in [7, 11) is 0. The lowest BCUT2D eigenvalue weighted by molar-refractivity contribution is 0.602. The molecule has 1 heterocycles. The summed E-state index contributed by atoms with van der Waals surface area (Å²) in [5, 5.41) is 3.38. The maximum absolute atomic E-state index is 5.57. The van der Waals surface area contributed by atoms with Gasteiger partial charge in [-0.2, -0.15) is 0 Å². The van der Waals surface area contributed by atoms with Crippen LogP contribution in [0.4, 0.5) is 11.6 Å². The second-order valence-electron chi connectivity index (χ2n) is 4.09. The summed E-state index contributed by atoms with van der Waals surface area (Å²) in [6, 6.07) is 2.34. The Bertz CT molecular complexity index is 313. The smallest absolute Gasteiger partial charge is 0.131 e. The van der Waals surface area contributed by atoms with Crippen LogP contribution in [0.5, 0.6) is 0 Å². The van der Waals surface area contributed by atoms with Gasteiger partial charge >= 0.3 is 0 Å². The first-order valence-corrected chi connectivity index (χ1v) is 5.08. The quantitative estimate of drug-likeness (QED) is 0.748. The number of nitrogens with one attached hydrogen (secondary N) is 1. The lowest BCUT2D eigenvalue weighted by atomic mass is 10.1. The fourth-order valence-electron chi connectivity index (χ4n) is 2.00. The third-order valence-electron chi connectivity index (χ3n) is 2.74. The van der Waals surface area contributed by atoms with Crippen LogP contribution in [-0.2, 0) is 0 Å². The van der Waals surface area contributed by atoms with Crippen molar-refractivity contribution in [2.75, 3.05) is 11.1 Å². The predicted octanol–water partition coefficient (Wildman–Crippen LogP) is 1.66. The van der Waals surface area contributed by atoms with E-state index in [-0.39, 0.29) is 0 Å². The molecule has 2 atom stereocenters. The number of nitrogen functional groups attached to an aromatic ring is 1. The maximum atomic E-state index is 5.57. The molecule has 0 amide bonds. The van der Waals surface area contributed by atoms with Crippen LogP contribution in [0.1, 0.15) is 26.2 Å². The highest BCUT2D eigenvalue weighted by Gasteiger charge is 2.21. The molecule has 2 unspecified atom stereocenters. The Morgan fingerprint density at radius 2 is 2.29 bits per heavy atom. The van der Waals surface area contributed by atoms with E-state index in [0.717, 1.165) is 11.7 Å². The highest BCUT2D eigenvalue weighted by Crippen LogP contribution is 2.26. The van der Waals surface area contributed by atoms with E-state index in [1.807, 2.05) is 0 Å². The molecule has 4 heteroatoms. The third kappa shape index (κ3) is 2.13. The van der Waals surface area contributed by atoms with Crippen LogP contribution >= 0.6 is 0 Å². The van der Waals surface area contributed by atoms with E-state index >= 15 is 0 Å². The van der Waals surface area contributed by atoms with Crippen LogP contribution in [0.25, 0.3) is 0 Å². The van der Waals surface area contributed by atoms with Gasteiger partial charge in [0.05, 0.1) is 0 Å². The summed E-state index contributed by atoms with van der Waals surface area (Å²) in [5.74, 6) is 2.19. The Hall–Kier alpha value is -1.32. The first-order chi connectivity index (χ1) is 6.74. The molecule has 1 saturated carbocycles. The average molecular weight is 192 g/mol. The molecular formula is C10H16N4. The number of rotatable bonds is 2. The normalized spacial score (nSPS) is 26.4. The fraction of sp³-hybridized carbons (Fsp3) is 0.600. The number of nitrogens with two attached hydrogens (primary N) is 1. The minimum absolute atomic E-state index is 0.522. The zero-order valence-corrected chi connectivity index (χ0v) is 8.40. The van der Waals surface area contributed by atoms with Crippen LogP contribution in [0.15, 0.2) is 12.4 Å². The van der Waals surface area contributed by atoms with Gasteiger partial charge in [0.1, 0.15) is 18.0 Å². The van der Waals surface area contributed by atoms with Gasteiger partial charge in [-0.1, -0.05) is 6.92 Å². The first kappa shape index (κ1) is 9.24. The highest BCUT2D eigenvalue weighted by atomic mass is 15.0. The Balaban J connectivity index is 1.97. The van der Waals surface area contributed by atoms with E-state index < -0.39 is 0 Å². The topological polar surface area (TPSA) is 63.8 Å². The second kappa shape index (κ2) is 3.82. The van der Waals surface area contributed by atoms with Gasteiger partial charge in [0.15, 0.2) is 0 Å². The molecule has 1 aromatic heterocycles. The third-order valence-corrected chi connectivity index (χ3v) is 2.74. The van der Waals surface area contributed by atoms with Crippen LogP contribution in [0.2, 0.25) is 0 Å². The minimum Gasteiger partial charge on any atom is -0.384 e. The molecule has 14 heavy (non-hydrogen) atoms. The van der Waals surface area contributed by atoms with Gasteiger partial charge in [0.25, 0.3) is 0 Å². The molecule has 3 N–H and O–H groups in total. The Morgan fingerprint density at radius 1 is 1.43 bits per heavy atom. The van der Waals surface area contributed by atoms with Crippen molar-refractivity contribution in [2.24, 2.45) is 5.92 Å². The molecule has 0 aliphatic heterocycles. The Morgan fingerprint density at radius 3 is 2.93 bits per heavy atom. The fourth-order valence-corrected chi connectivity index (χ4v) is 2.00. The summed E-state index contributed by atoms with van der Waals surface area (Å²) >= 11 is 0. The predicted molar refractivity (Wildman–Crippen MR) is 56.9 cm³/mol. The van der Waals surface area contributed by atoms with Crippen LogP contribution in [0, 0.1) is 5.92 Å². The van der Waals surface area contributed by atoms with Crippen LogP contribution in [0.3, 0.4) is 0 Å². The lowest BCUT2D eigenvalue weighted by Crippen LogP contribution is -2.16. The van der Waals surface area contributed by atoms with E-state index in [0.29, 0.717) is 11.9 Å². The number of anilines is 2. The molecule has 1 fully saturated rings. The standard InChI is InChI=1S/C10H16N4/c1-7-2-3-8(4-7)14-10-5-9(11)12-6-13-10/h5-8H,2-4H2,1H3,(H3,11,12,13,14). The lowest BCUT2D eigenvalue weighted by Gasteiger charge is -2.12. The van der Waals surface area contributed by atoms with Gasteiger partial charge in [0.2, 0.25) is 0 Å². The molecule has 0 radical (unpaired) electrons. The zero-order chi connectivity index (χ0) is 9.97. The molecule has 76 valence electrons. The number of hydrogen-bond acceptors (Lipinski definition) is 4. The number of nitrogens with zero attached hydrogens (tertiary/aromatic N) is 2. The van der Waals surface area contributed by atoms with Gasteiger partial charge in [-0.3, -0.25) is 0 Å². The summed E-state index contributed by atoms with van der Waals surface area (Å²) in [4.78, 5) is 7.98. The number of hydrogen-bond donors (Lipinski definition) is 2. The highest BCUT2D eigenvalue weighted by molar-refractivity contribution is 5.44. The zero-order valence-electron chi connectivity index (χ0n) is 8.40. The van der Waals surface area contributed by atoms with Crippen molar-refractivity contribution in [1.82, 2.24) is 9.97 Å². The van der Waals surface area contributed by atoms with Gasteiger partial charge in [-0.15, -0.1) is 0 Å². The summed E-state index contributed by atoms with van der Waals surface area (Å²) in [6.07, 6.45) is 5.25. The summed E-state index contributed by atoms with van der Waals surface area (Å²) in [6.45, 7) is 2.29. The molecular weight excluding hydrogens is 176 g/mol. The van der Waals surface area contributed by atoms with Crippen molar-refractivity contribution in [2.45, 2.75) is 32.2 Å². The summed E-state index contributed by atoms with van der Waals surface area (Å²) < 4.78 is 0. The van der Waals surface area contributed by atoms with Crippen molar-refractivity contribution in [3.63, 3.8) is 0 Å². The molecule has 1 aliphatic carbocycles. The molecule has 0 saturated heterocycles. The van der Waals surface area contributed by atoms with Crippen molar-refractivity contribution in [3.8, 4) is 0 Å². The molecule has 1 aromatic rings. The van der Waals surface area contributed by atoms with E-state index in [9.17, 15) is 0 Å². The van der Waals surface area contributed by atoms with Gasteiger partial charge in [0, 0.05) is 12.1 Å². The molecule has 0 aromatic carbocycles. The molecule has 1 aliphatic rings. The van der Waals surface area contributed by atoms with E-state index in [1.165, 1.54) is 25.6 Å². The van der Waals surface area contributed by atoms with Crippen LogP contribution < -0.4 is 11.1 Å². The maximum Gasteiger partial charge on any atom is 0.131 e. The second-order valence-corrected chi connectivity index (χ2v) is 4.09. The molecule has 0 spiro atoms. The van der Waals surface area contributed by atoms with Crippen molar-refractivity contribution >= 4 is 11.6 Å². The number of aromatic nitrogens is 2. The molecule has 2 rings (SSSR count). The average Bonchev–Trinajstić information content (AvgIpc) is 2.51. The minimum atomic E-state index is 0.522. The Labute approximate surface area is 83.9 Å². The first-order valence-electron chi connectivity index (χ1n) is 5.08. The van der Waals surface area contributed by atoms with Crippen molar-refractivity contribution in [3.05, 3.63) is 12.4 Å². The van der Waals surface area contributed by atoms with E-state index in [2.05, 4.69) is 22.2 Å². The molecule has 0 bridgehead atoms. The SMILES string of the molecule is CC1CCC(Nc2cc(N)ncn2)C1. The van der Waals surface area contributed by atoms with E-state index in [1.54, 1.807) is 6.07 Å². The monoisotopic (exact) mass is 192 g/mol. The van der Waals surface area contributed by atoms with Gasteiger partial charge in [-0.05, 0) is 25.2 Å². The van der Waals surface area contributed by atoms with Crippen molar-refractivity contribution < 1.29 is 0 Å². The largest absolute Gasteiger partial charge is 0.384 e. The van der Waals surface area contributed by atoms with Crippen LogP contribution in [-0.4, -0.2) is 16.0 Å². The Kier molecular flexibility index (Phi) is 2.52. The summed E-state index contributed by atoms with van der Waals surface area (Å²) in [5.41, 5.74) is 5.57. The van der Waals surface area contributed by atoms with Crippen molar-refractivity contribution in [1.29, 1.82) is 0 Å². The molecule has 4 nitrogen and oxygen atoms in total. The van der Waals surface area contributed by atoms with Gasteiger partial charge < -0.3 is 11.1 Å². The van der Waals surface area contributed by atoms with Gasteiger partial charge in [-0.25, -0.2) is 9.97 Å². The van der Waals surface area contributed by atoms with E-state index in [4.69, 9.17) is 5.73 Å².